The van der Waals surface area contributed by atoms with Crippen molar-refractivity contribution in [3.05, 3.63) is 41.4 Å². The average Bonchev–Trinajstić information content (AvgIpc) is 3.07. The van der Waals surface area contributed by atoms with Gasteiger partial charge in [0.05, 0.1) is 4.90 Å². The van der Waals surface area contributed by atoms with Crippen LogP contribution < -0.4 is 4.72 Å². The van der Waals surface area contributed by atoms with E-state index in [0.29, 0.717) is 18.0 Å². The monoisotopic (exact) mass is 413 g/mol. The summed E-state index contributed by atoms with van der Waals surface area (Å²) in [5, 5.41) is 9.16. The molecule has 0 unspecified atom stereocenters. The Labute approximate surface area is 166 Å². The number of hydrogen-bond donors (Lipinski definition) is 2. The summed E-state index contributed by atoms with van der Waals surface area (Å²) in [6, 6.07) is 6.17. The summed E-state index contributed by atoms with van der Waals surface area (Å²) >= 11 is 5.82. The Morgan fingerprint density at radius 2 is 1.74 bits per heavy atom. The molecule has 2 rings (SSSR count). The first-order chi connectivity index (χ1) is 12.8. The van der Waals surface area contributed by atoms with Crippen LogP contribution in [-0.4, -0.2) is 26.0 Å². The van der Waals surface area contributed by atoms with Crippen molar-refractivity contribution in [3.63, 3.8) is 0 Å². The number of carboxylic acids is 1. The van der Waals surface area contributed by atoms with Gasteiger partial charge in [-0.3, -0.25) is 4.79 Å². The van der Waals surface area contributed by atoms with Crippen molar-refractivity contribution in [2.45, 2.75) is 62.7 Å². The number of allylic oxidation sites excluding steroid dienone is 2. The zero-order chi connectivity index (χ0) is 19.8. The number of carbonyl (C=O) groups is 1. The molecule has 150 valence electrons. The maximum Gasteiger partial charge on any atom is 0.303 e. The molecule has 0 saturated heterocycles. The molecule has 0 radical (unpaired) electrons. The Balaban J connectivity index is 1.83. The van der Waals surface area contributed by atoms with Gasteiger partial charge in [-0.1, -0.05) is 36.6 Å². The summed E-state index contributed by atoms with van der Waals surface area (Å²) < 4.78 is 27.5. The first-order valence-electron chi connectivity index (χ1n) is 9.45. The van der Waals surface area contributed by atoms with Gasteiger partial charge in [-0.15, -0.1) is 0 Å². The maximum absolute atomic E-state index is 12.4. The van der Waals surface area contributed by atoms with Gasteiger partial charge in [0.1, 0.15) is 0 Å². The highest BCUT2D eigenvalue weighted by molar-refractivity contribution is 7.89. The number of rotatable bonds is 11. The topological polar surface area (TPSA) is 83.5 Å². The maximum atomic E-state index is 12.4. The zero-order valence-corrected chi connectivity index (χ0v) is 17.1. The SMILES string of the molecule is O=C(O)CC/C=C\CCC1(CCNS(=O)(=O)c2ccc(Cl)cc2)CCCC1. The Bertz CT molecular complexity index is 738. The molecule has 0 bridgehead atoms. The normalized spacial score (nSPS) is 16.8. The first kappa shape index (κ1) is 21.9. The largest absolute Gasteiger partial charge is 0.481 e. The molecular weight excluding hydrogens is 386 g/mol. The van der Waals surface area contributed by atoms with Crippen LogP contribution in [0.2, 0.25) is 5.02 Å². The van der Waals surface area contributed by atoms with Gasteiger partial charge in [-0.25, -0.2) is 13.1 Å². The van der Waals surface area contributed by atoms with Crippen molar-refractivity contribution in [3.8, 4) is 0 Å². The molecule has 0 spiro atoms. The molecule has 5 nitrogen and oxygen atoms in total. The first-order valence-corrected chi connectivity index (χ1v) is 11.3. The number of benzene rings is 1. The Morgan fingerprint density at radius 3 is 2.37 bits per heavy atom. The highest BCUT2D eigenvalue weighted by Crippen LogP contribution is 2.44. The molecule has 27 heavy (non-hydrogen) atoms. The third-order valence-electron chi connectivity index (χ3n) is 5.27. The summed E-state index contributed by atoms with van der Waals surface area (Å²) in [5.41, 5.74) is 0.180. The molecule has 1 aliphatic carbocycles. The van der Waals surface area contributed by atoms with Gasteiger partial charge < -0.3 is 5.11 Å². The van der Waals surface area contributed by atoms with Crippen molar-refractivity contribution in [2.24, 2.45) is 5.41 Å². The van der Waals surface area contributed by atoms with Gasteiger partial charge in [0.25, 0.3) is 0 Å². The lowest BCUT2D eigenvalue weighted by molar-refractivity contribution is -0.136. The van der Waals surface area contributed by atoms with Gasteiger partial charge in [-0.05, 0) is 68.2 Å². The lowest BCUT2D eigenvalue weighted by atomic mass is 9.78. The zero-order valence-electron chi connectivity index (χ0n) is 15.5. The highest BCUT2D eigenvalue weighted by atomic mass is 35.5. The van der Waals surface area contributed by atoms with Crippen molar-refractivity contribution in [1.29, 1.82) is 0 Å². The van der Waals surface area contributed by atoms with Gasteiger partial charge in [0.2, 0.25) is 10.0 Å². The van der Waals surface area contributed by atoms with Crippen LogP contribution in [0, 0.1) is 5.41 Å². The van der Waals surface area contributed by atoms with E-state index in [9.17, 15) is 13.2 Å². The lowest BCUT2D eigenvalue weighted by Crippen LogP contribution is -2.29. The second-order valence-corrected chi connectivity index (χ2v) is 9.45. The summed E-state index contributed by atoms with van der Waals surface area (Å²) in [5.74, 6) is -0.778. The van der Waals surface area contributed by atoms with E-state index in [1.807, 2.05) is 6.08 Å². The number of hydrogen-bond acceptors (Lipinski definition) is 3. The van der Waals surface area contributed by atoms with Gasteiger partial charge >= 0.3 is 5.97 Å². The minimum absolute atomic E-state index is 0.161. The molecular formula is C20H28ClNO4S. The standard InChI is InChI=1S/C20H28ClNO4S/c21-17-8-10-18(11-9-17)27(25,26)22-16-15-20(13-5-6-14-20)12-4-2-1-3-7-19(23)24/h1-2,8-11,22H,3-7,12-16H2,(H,23,24)/b2-1-. The van der Waals surface area contributed by atoms with Crippen LogP contribution >= 0.6 is 11.6 Å². The molecule has 0 aliphatic heterocycles. The molecule has 1 aliphatic rings. The fourth-order valence-electron chi connectivity index (χ4n) is 3.73. The highest BCUT2D eigenvalue weighted by Gasteiger charge is 2.32. The van der Waals surface area contributed by atoms with E-state index in [2.05, 4.69) is 10.8 Å². The van der Waals surface area contributed by atoms with E-state index in [1.165, 1.54) is 25.0 Å². The minimum Gasteiger partial charge on any atom is -0.481 e. The van der Waals surface area contributed by atoms with E-state index in [1.54, 1.807) is 12.1 Å². The van der Waals surface area contributed by atoms with Crippen LogP contribution in [0.3, 0.4) is 0 Å². The van der Waals surface area contributed by atoms with Crippen molar-refractivity contribution < 1.29 is 18.3 Å². The van der Waals surface area contributed by atoms with Crippen LogP contribution in [0.15, 0.2) is 41.3 Å². The summed E-state index contributed by atoms with van der Waals surface area (Å²) in [4.78, 5) is 10.7. The van der Waals surface area contributed by atoms with E-state index in [0.717, 1.165) is 32.1 Å². The second-order valence-electron chi connectivity index (χ2n) is 7.25. The molecule has 1 aromatic carbocycles. The Morgan fingerprint density at radius 1 is 1.11 bits per heavy atom. The molecule has 1 saturated carbocycles. The molecule has 0 aromatic heterocycles. The van der Waals surface area contributed by atoms with E-state index in [-0.39, 0.29) is 16.7 Å². The van der Waals surface area contributed by atoms with E-state index >= 15 is 0 Å². The van der Waals surface area contributed by atoms with Crippen LogP contribution in [0.4, 0.5) is 0 Å². The van der Waals surface area contributed by atoms with E-state index < -0.39 is 16.0 Å². The van der Waals surface area contributed by atoms with Crippen molar-refractivity contribution >= 4 is 27.6 Å². The molecule has 2 N–H and O–H groups in total. The molecule has 0 heterocycles. The quantitative estimate of drug-likeness (QED) is 0.512. The van der Waals surface area contributed by atoms with Crippen molar-refractivity contribution in [1.82, 2.24) is 4.72 Å². The van der Waals surface area contributed by atoms with E-state index in [4.69, 9.17) is 16.7 Å². The predicted octanol–water partition coefficient (Wildman–Crippen LogP) is 4.77. The molecule has 0 amide bonds. The number of nitrogens with one attached hydrogen (secondary N) is 1. The van der Waals surface area contributed by atoms with Crippen LogP contribution in [0.1, 0.15) is 57.8 Å². The Hall–Kier alpha value is -1.37. The fourth-order valence-corrected chi connectivity index (χ4v) is 4.89. The predicted molar refractivity (Wildman–Crippen MR) is 107 cm³/mol. The molecule has 1 aromatic rings. The van der Waals surface area contributed by atoms with Crippen LogP contribution in [0.25, 0.3) is 0 Å². The number of sulfonamides is 1. The fraction of sp³-hybridized carbons (Fsp3) is 0.550. The van der Waals surface area contributed by atoms with Crippen molar-refractivity contribution in [2.75, 3.05) is 6.54 Å². The Kier molecular flexibility index (Phi) is 8.32. The minimum atomic E-state index is -3.51. The van der Waals surface area contributed by atoms with Gasteiger partial charge in [0, 0.05) is 18.0 Å². The van der Waals surface area contributed by atoms with Crippen LogP contribution in [0.5, 0.6) is 0 Å². The smallest absolute Gasteiger partial charge is 0.303 e. The molecule has 1 fully saturated rings. The van der Waals surface area contributed by atoms with Gasteiger partial charge in [0.15, 0.2) is 0 Å². The summed E-state index contributed by atoms with van der Waals surface area (Å²) in [6.45, 7) is 0.424. The summed E-state index contributed by atoms with van der Waals surface area (Å²) in [6.07, 6.45) is 12.1. The molecule has 0 atom stereocenters. The average molecular weight is 414 g/mol. The lowest BCUT2D eigenvalue weighted by Gasteiger charge is -2.28. The number of carboxylic acid groups (broad SMARTS) is 1. The number of aliphatic carboxylic acids is 1. The van der Waals surface area contributed by atoms with Crippen LogP contribution in [-0.2, 0) is 14.8 Å². The number of halogens is 1. The second kappa shape index (κ2) is 10.2. The summed E-state index contributed by atoms with van der Waals surface area (Å²) in [7, 11) is -3.51. The molecule has 7 heteroatoms. The van der Waals surface area contributed by atoms with Gasteiger partial charge in [-0.2, -0.15) is 0 Å². The third kappa shape index (κ3) is 7.28. The third-order valence-corrected chi connectivity index (χ3v) is 7.00.